The normalized spacial score (nSPS) is 10.8. The van der Waals surface area contributed by atoms with Crippen LogP contribution in [0, 0.1) is 5.82 Å². The monoisotopic (exact) mass is 347 g/mol. The van der Waals surface area contributed by atoms with Crippen LogP contribution in [-0.4, -0.2) is 25.5 Å². The average Bonchev–Trinajstić information content (AvgIpc) is 3.15. The lowest BCUT2D eigenvalue weighted by Crippen LogP contribution is -2.14. The lowest BCUT2D eigenvalue weighted by atomic mass is 10.2. The molecule has 2 heterocycles. The summed E-state index contributed by atoms with van der Waals surface area (Å²) in [6, 6.07) is 7.83. The highest BCUT2D eigenvalue weighted by molar-refractivity contribution is 6.33. The zero-order valence-corrected chi connectivity index (χ0v) is 13.7. The molecule has 0 saturated heterocycles. The van der Waals surface area contributed by atoms with Crippen molar-refractivity contribution in [1.29, 1.82) is 0 Å². The number of nitrogens with zero attached hydrogens (tertiary/aromatic N) is 4. The van der Waals surface area contributed by atoms with Crippen LogP contribution in [0.5, 0.6) is 0 Å². The molecule has 1 aromatic carbocycles. The van der Waals surface area contributed by atoms with E-state index in [1.165, 1.54) is 16.8 Å². The van der Waals surface area contributed by atoms with E-state index in [9.17, 15) is 9.18 Å². The van der Waals surface area contributed by atoms with E-state index in [0.717, 1.165) is 5.56 Å². The summed E-state index contributed by atoms with van der Waals surface area (Å²) in [5.41, 5.74) is 1.03. The molecule has 2 aromatic heterocycles. The van der Waals surface area contributed by atoms with E-state index in [0.29, 0.717) is 18.1 Å². The third kappa shape index (κ3) is 3.62. The largest absolute Gasteiger partial charge is 0.302 e. The number of benzene rings is 1. The number of carbonyl (C=O) groups excluding carboxylic acids is 1. The highest BCUT2D eigenvalue weighted by Gasteiger charge is 2.14. The number of hydrogen-bond acceptors (Lipinski definition) is 3. The molecule has 0 fully saturated rings. The molecule has 1 amide bonds. The molecule has 1 N–H and O–H groups in total. The first-order valence-corrected chi connectivity index (χ1v) is 7.75. The Kier molecular flexibility index (Phi) is 4.61. The number of nitrogens with one attached hydrogen (secondary N) is 1. The molecule has 0 aliphatic carbocycles. The van der Waals surface area contributed by atoms with E-state index in [1.807, 2.05) is 6.92 Å². The van der Waals surface area contributed by atoms with Gasteiger partial charge in [0.05, 0.1) is 6.54 Å². The minimum atomic E-state index is -0.389. The van der Waals surface area contributed by atoms with Gasteiger partial charge in [0.25, 0.3) is 5.91 Å². The molecule has 0 atom stereocenters. The van der Waals surface area contributed by atoms with Crippen LogP contribution in [0.25, 0.3) is 0 Å². The second kappa shape index (κ2) is 6.84. The molecule has 6 nitrogen and oxygen atoms in total. The maximum Gasteiger partial charge on any atom is 0.277 e. The standard InChI is InChI=1S/C16H15ClFN5O/c1-2-22-7-6-14(20-22)16(24)19-15-13(17)10-23(21-15)9-11-4-3-5-12(18)8-11/h3-8,10H,2,9H2,1H3,(H,19,21,24). The van der Waals surface area contributed by atoms with Crippen molar-refractivity contribution in [3.63, 3.8) is 0 Å². The fourth-order valence-corrected chi connectivity index (χ4v) is 2.41. The first-order chi connectivity index (χ1) is 11.5. The van der Waals surface area contributed by atoms with Crippen LogP contribution in [0.2, 0.25) is 5.02 Å². The maximum absolute atomic E-state index is 13.2. The summed E-state index contributed by atoms with van der Waals surface area (Å²) >= 11 is 6.11. The van der Waals surface area contributed by atoms with Crippen LogP contribution < -0.4 is 5.32 Å². The molecule has 8 heteroatoms. The van der Waals surface area contributed by atoms with Gasteiger partial charge in [-0.05, 0) is 30.7 Å². The predicted octanol–water partition coefficient (Wildman–Crippen LogP) is 3.19. The van der Waals surface area contributed by atoms with Gasteiger partial charge in [-0.25, -0.2) is 4.39 Å². The number of rotatable bonds is 5. The summed E-state index contributed by atoms with van der Waals surface area (Å²) in [4.78, 5) is 12.2. The second-order valence-electron chi connectivity index (χ2n) is 5.16. The molecule has 0 aliphatic heterocycles. The lowest BCUT2D eigenvalue weighted by Gasteiger charge is -2.02. The summed E-state index contributed by atoms with van der Waals surface area (Å²) in [5.74, 6) is -0.463. The quantitative estimate of drug-likeness (QED) is 0.770. The highest BCUT2D eigenvalue weighted by atomic mass is 35.5. The van der Waals surface area contributed by atoms with Crippen molar-refractivity contribution in [3.8, 4) is 0 Å². The zero-order valence-electron chi connectivity index (χ0n) is 12.9. The Balaban J connectivity index is 1.73. The van der Waals surface area contributed by atoms with Crippen molar-refractivity contribution >= 4 is 23.3 Å². The van der Waals surface area contributed by atoms with Gasteiger partial charge in [-0.3, -0.25) is 14.2 Å². The molecule has 0 saturated carbocycles. The van der Waals surface area contributed by atoms with Crippen LogP contribution in [-0.2, 0) is 13.1 Å². The third-order valence-corrected chi connectivity index (χ3v) is 3.66. The fraction of sp³-hybridized carbons (Fsp3) is 0.188. The van der Waals surface area contributed by atoms with Crippen LogP contribution in [0.1, 0.15) is 23.0 Å². The van der Waals surface area contributed by atoms with Crippen molar-refractivity contribution < 1.29 is 9.18 Å². The summed E-state index contributed by atoms with van der Waals surface area (Å²) in [6.07, 6.45) is 3.30. The number of aryl methyl sites for hydroxylation is 1. The van der Waals surface area contributed by atoms with Gasteiger partial charge < -0.3 is 5.32 Å². The van der Waals surface area contributed by atoms with E-state index in [1.54, 1.807) is 35.3 Å². The van der Waals surface area contributed by atoms with E-state index in [4.69, 9.17) is 11.6 Å². The average molecular weight is 348 g/mol. The topological polar surface area (TPSA) is 64.7 Å². The van der Waals surface area contributed by atoms with Crippen molar-refractivity contribution in [2.24, 2.45) is 0 Å². The van der Waals surface area contributed by atoms with Gasteiger partial charge in [0, 0.05) is 18.9 Å². The molecule has 3 aromatic rings. The van der Waals surface area contributed by atoms with E-state index >= 15 is 0 Å². The molecule has 0 bridgehead atoms. The summed E-state index contributed by atoms with van der Waals surface area (Å²) in [6.45, 7) is 2.95. The molecule has 0 aliphatic rings. The Bertz CT molecular complexity index is 873. The van der Waals surface area contributed by atoms with Gasteiger partial charge in [-0.2, -0.15) is 10.2 Å². The SMILES string of the molecule is CCn1ccc(C(=O)Nc2nn(Cc3cccc(F)c3)cc2Cl)n1. The number of anilines is 1. The minimum Gasteiger partial charge on any atom is -0.302 e. The first-order valence-electron chi connectivity index (χ1n) is 7.37. The van der Waals surface area contributed by atoms with Crippen LogP contribution >= 0.6 is 11.6 Å². The van der Waals surface area contributed by atoms with Crippen molar-refractivity contribution in [2.75, 3.05) is 5.32 Å². The van der Waals surface area contributed by atoms with Gasteiger partial charge in [-0.15, -0.1) is 0 Å². The number of hydrogen-bond donors (Lipinski definition) is 1. The van der Waals surface area contributed by atoms with Crippen molar-refractivity contribution in [1.82, 2.24) is 19.6 Å². The Hall–Kier alpha value is -2.67. The first kappa shape index (κ1) is 16.2. The van der Waals surface area contributed by atoms with E-state index < -0.39 is 0 Å². The molecule has 0 spiro atoms. The Labute approximate surface area is 142 Å². The predicted molar refractivity (Wildman–Crippen MR) is 88.6 cm³/mol. The number of halogens is 2. The van der Waals surface area contributed by atoms with Crippen LogP contribution in [0.15, 0.2) is 42.7 Å². The van der Waals surface area contributed by atoms with Gasteiger partial charge in [-0.1, -0.05) is 23.7 Å². The Morgan fingerprint density at radius 3 is 2.83 bits per heavy atom. The highest BCUT2D eigenvalue weighted by Crippen LogP contribution is 2.20. The molecular formula is C16H15ClFN5O. The maximum atomic E-state index is 13.2. The van der Waals surface area contributed by atoms with Gasteiger partial charge >= 0.3 is 0 Å². The van der Waals surface area contributed by atoms with E-state index in [-0.39, 0.29) is 23.2 Å². The van der Waals surface area contributed by atoms with Gasteiger partial charge in [0.15, 0.2) is 11.5 Å². The molecule has 124 valence electrons. The van der Waals surface area contributed by atoms with E-state index in [2.05, 4.69) is 15.5 Å². The molecule has 3 rings (SSSR count). The van der Waals surface area contributed by atoms with Gasteiger partial charge in [0.2, 0.25) is 0 Å². The summed E-state index contributed by atoms with van der Waals surface area (Å²) in [5, 5.41) is 11.3. The van der Waals surface area contributed by atoms with Crippen LogP contribution in [0.3, 0.4) is 0 Å². The summed E-state index contributed by atoms with van der Waals surface area (Å²) < 4.78 is 16.4. The minimum absolute atomic E-state index is 0.240. The molecule has 24 heavy (non-hydrogen) atoms. The van der Waals surface area contributed by atoms with Gasteiger partial charge in [0.1, 0.15) is 10.8 Å². The number of carbonyl (C=O) groups is 1. The lowest BCUT2D eigenvalue weighted by molar-refractivity contribution is 0.102. The zero-order chi connectivity index (χ0) is 17.1. The van der Waals surface area contributed by atoms with Crippen LogP contribution in [0.4, 0.5) is 10.2 Å². The van der Waals surface area contributed by atoms with Crippen molar-refractivity contribution in [3.05, 3.63) is 64.8 Å². The Morgan fingerprint density at radius 2 is 2.12 bits per heavy atom. The summed E-state index contributed by atoms with van der Waals surface area (Å²) in [7, 11) is 0. The molecular weight excluding hydrogens is 333 g/mol. The smallest absolute Gasteiger partial charge is 0.277 e. The second-order valence-corrected chi connectivity index (χ2v) is 5.57. The molecule has 0 radical (unpaired) electrons. The molecule has 0 unspecified atom stereocenters. The fourth-order valence-electron chi connectivity index (χ4n) is 2.22. The number of amides is 1. The third-order valence-electron chi connectivity index (χ3n) is 3.38. The number of aromatic nitrogens is 4. The van der Waals surface area contributed by atoms with Crippen molar-refractivity contribution in [2.45, 2.75) is 20.0 Å². The Morgan fingerprint density at radius 1 is 1.29 bits per heavy atom.